The van der Waals surface area contributed by atoms with Gasteiger partial charge in [0.25, 0.3) is 0 Å². The van der Waals surface area contributed by atoms with Gasteiger partial charge < -0.3 is 4.90 Å². The first-order chi connectivity index (χ1) is 11.7. The molecule has 1 aliphatic rings. The van der Waals surface area contributed by atoms with Crippen molar-refractivity contribution in [2.45, 2.75) is 12.8 Å². The van der Waals surface area contributed by atoms with Gasteiger partial charge in [-0.3, -0.25) is 9.69 Å². The summed E-state index contributed by atoms with van der Waals surface area (Å²) in [5.74, 6) is 0.0173. The molecule has 1 saturated heterocycles. The molecule has 2 aromatic rings. The molecule has 4 heteroatoms. The number of carbonyl (C=O) groups excluding carboxylic acids is 1. The summed E-state index contributed by atoms with van der Waals surface area (Å²) in [6.07, 6.45) is 1.40. The second-order valence-corrected chi connectivity index (χ2v) is 6.26. The minimum atomic E-state index is -0.190. The van der Waals surface area contributed by atoms with E-state index in [1.165, 1.54) is 12.1 Å². The van der Waals surface area contributed by atoms with Crippen molar-refractivity contribution in [1.29, 1.82) is 0 Å². The quantitative estimate of drug-likeness (QED) is 0.843. The van der Waals surface area contributed by atoms with E-state index in [4.69, 9.17) is 0 Å². The maximum Gasteiger partial charge on any atom is 0.227 e. The summed E-state index contributed by atoms with van der Waals surface area (Å²) in [5.41, 5.74) is 2.22. The summed E-state index contributed by atoms with van der Waals surface area (Å²) in [5, 5.41) is 0. The molecule has 0 spiro atoms. The number of benzene rings is 2. The van der Waals surface area contributed by atoms with Gasteiger partial charge in [0.1, 0.15) is 5.82 Å². The lowest BCUT2D eigenvalue weighted by molar-refractivity contribution is -0.132. The Hall–Kier alpha value is -2.20. The number of carbonyl (C=O) groups is 1. The molecule has 2 aromatic carbocycles. The Morgan fingerprint density at radius 2 is 1.54 bits per heavy atom. The third-order valence-electron chi connectivity index (χ3n) is 4.55. The zero-order valence-electron chi connectivity index (χ0n) is 13.8. The maximum absolute atomic E-state index is 12.9. The normalized spacial score (nSPS) is 15.5. The molecule has 0 atom stereocenters. The molecule has 3 nitrogen and oxygen atoms in total. The zero-order valence-corrected chi connectivity index (χ0v) is 13.8. The van der Waals surface area contributed by atoms with Gasteiger partial charge in [-0.05, 0) is 29.7 Å². The predicted molar refractivity (Wildman–Crippen MR) is 93.3 cm³/mol. The highest BCUT2D eigenvalue weighted by molar-refractivity contribution is 5.78. The van der Waals surface area contributed by atoms with Crippen molar-refractivity contribution in [1.82, 2.24) is 9.80 Å². The molecule has 1 aliphatic heterocycles. The van der Waals surface area contributed by atoms with Crippen molar-refractivity contribution in [2.24, 2.45) is 0 Å². The lowest BCUT2D eigenvalue weighted by atomic mass is 10.1. The van der Waals surface area contributed by atoms with Crippen molar-refractivity contribution in [3.63, 3.8) is 0 Å². The Morgan fingerprint density at radius 3 is 2.21 bits per heavy atom. The van der Waals surface area contributed by atoms with Gasteiger partial charge in [0.15, 0.2) is 0 Å². The number of rotatable bonds is 5. The largest absolute Gasteiger partial charge is 0.340 e. The molecule has 1 amide bonds. The summed E-state index contributed by atoms with van der Waals surface area (Å²) in [7, 11) is 0. The molecular formula is C20H23FN2O. The van der Waals surface area contributed by atoms with Crippen LogP contribution in [-0.2, 0) is 17.6 Å². The Labute approximate surface area is 142 Å². The molecule has 1 fully saturated rings. The standard InChI is InChI=1S/C20H23FN2O/c21-19-8-6-17(7-9-19)10-11-22-12-14-23(15-13-22)20(24)16-18-4-2-1-3-5-18/h1-9H,10-16H2. The first kappa shape index (κ1) is 16.7. The van der Waals surface area contributed by atoms with Crippen LogP contribution in [-0.4, -0.2) is 48.4 Å². The van der Waals surface area contributed by atoms with E-state index in [0.29, 0.717) is 6.42 Å². The Bertz CT molecular complexity index is 649. The SMILES string of the molecule is O=C(Cc1ccccc1)N1CCN(CCc2ccc(F)cc2)CC1. The molecule has 0 aromatic heterocycles. The molecule has 3 rings (SSSR count). The Kier molecular flexibility index (Phi) is 5.59. The van der Waals surface area contributed by atoms with Gasteiger partial charge in [-0.25, -0.2) is 4.39 Å². The van der Waals surface area contributed by atoms with Crippen molar-refractivity contribution < 1.29 is 9.18 Å². The molecule has 0 N–H and O–H groups in total. The lowest BCUT2D eigenvalue weighted by Crippen LogP contribution is -2.49. The molecule has 0 bridgehead atoms. The van der Waals surface area contributed by atoms with Crippen LogP contribution >= 0.6 is 0 Å². The van der Waals surface area contributed by atoms with Crippen LogP contribution in [0.4, 0.5) is 4.39 Å². The van der Waals surface area contributed by atoms with Crippen LogP contribution in [0, 0.1) is 5.82 Å². The van der Waals surface area contributed by atoms with Gasteiger partial charge in [0.2, 0.25) is 5.91 Å². The molecule has 126 valence electrons. The van der Waals surface area contributed by atoms with Gasteiger partial charge in [-0.15, -0.1) is 0 Å². The fourth-order valence-corrected chi connectivity index (χ4v) is 3.04. The van der Waals surface area contributed by atoms with Crippen molar-refractivity contribution in [3.05, 3.63) is 71.5 Å². The molecule has 0 aliphatic carbocycles. The summed E-state index contributed by atoms with van der Waals surface area (Å²) in [6, 6.07) is 16.6. The van der Waals surface area contributed by atoms with E-state index in [-0.39, 0.29) is 11.7 Å². The summed E-state index contributed by atoms with van der Waals surface area (Å²) in [4.78, 5) is 16.7. The first-order valence-corrected chi connectivity index (χ1v) is 8.49. The molecular weight excluding hydrogens is 303 g/mol. The highest BCUT2D eigenvalue weighted by atomic mass is 19.1. The van der Waals surface area contributed by atoms with E-state index in [0.717, 1.165) is 50.3 Å². The minimum Gasteiger partial charge on any atom is -0.340 e. The van der Waals surface area contributed by atoms with E-state index in [9.17, 15) is 9.18 Å². The van der Waals surface area contributed by atoms with E-state index in [2.05, 4.69) is 4.90 Å². The van der Waals surface area contributed by atoms with Crippen molar-refractivity contribution in [2.75, 3.05) is 32.7 Å². The minimum absolute atomic E-state index is 0.190. The van der Waals surface area contributed by atoms with Crippen molar-refractivity contribution >= 4 is 5.91 Å². The van der Waals surface area contributed by atoms with Gasteiger partial charge in [0, 0.05) is 32.7 Å². The summed E-state index contributed by atoms with van der Waals surface area (Å²) in [6.45, 7) is 4.33. The summed E-state index contributed by atoms with van der Waals surface area (Å²) < 4.78 is 12.9. The topological polar surface area (TPSA) is 23.6 Å². The predicted octanol–water partition coefficient (Wildman–Crippen LogP) is 2.76. The zero-order chi connectivity index (χ0) is 16.8. The fraction of sp³-hybridized carbons (Fsp3) is 0.350. The number of amides is 1. The highest BCUT2D eigenvalue weighted by Crippen LogP contribution is 2.09. The van der Waals surface area contributed by atoms with Crippen LogP contribution < -0.4 is 0 Å². The smallest absolute Gasteiger partial charge is 0.227 e. The van der Waals surface area contributed by atoms with Crippen LogP contribution in [0.25, 0.3) is 0 Å². The Balaban J connectivity index is 1.42. The number of hydrogen-bond donors (Lipinski definition) is 0. The second-order valence-electron chi connectivity index (χ2n) is 6.26. The van der Waals surface area contributed by atoms with Gasteiger partial charge in [-0.1, -0.05) is 42.5 Å². The number of halogens is 1. The first-order valence-electron chi connectivity index (χ1n) is 8.49. The molecule has 1 heterocycles. The van der Waals surface area contributed by atoms with Crippen molar-refractivity contribution in [3.8, 4) is 0 Å². The van der Waals surface area contributed by atoms with Gasteiger partial charge in [-0.2, -0.15) is 0 Å². The van der Waals surface area contributed by atoms with E-state index in [1.807, 2.05) is 47.4 Å². The van der Waals surface area contributed by atoms with Crippen LogP contribution in [0.1, 0.15) is 11.1 Å². The molecule has 0 unspecified atom stereocenters. The molecule has 0 radical (unpaired) electrons. The monoisotopic (exact) mass is 326 g/mol. The third-order valence-corrected chi connectivity index (χ3v) is 4.55. The second kappa shape index (κ2) is 8.06. The fourth-order valence-electron chi connectivity index (χ4n) is 3.04. The molecule has 24 heavy (non-hydrogen) atoms. The van der Waals surface area contributed by atoms with Crippen LogP contribution in [0.3, 0.4) is 0 Å². The number of hydrogen-bond acceptors (Lipinski definition) is 2. The van der Waals surface area contributed by atoms with Crippen LogP contribution in [0.5, 0.6) is 0 Å². The molecule has 0 saturated carbocycles. The number of nitrogens with zero attached hydrogens (tertiary/aromatic N) is 2. The van der Waals surface area contributed by atoms with Gasteiger partial charge in [0.05, 0.1) is 6.42 Å². The average Bonchev–Trinajstić information content (AvgIpc) is 2.62. The van der Waals surface area contributed by atoms with E-state index in [1.54, 1.807) is 0 Å². The van der Waals surface area contributed by atoms with E-state index >= 15 is 0 Å². The third kappa shape index (κ3) is 4.65. The average molecular weight is 326 g/mol. The highest BCUT2D eigenvalue weighted by Gasteiger charge is 2.20. The van der Waals surface area contributed by atoms with E-state index < -0.39 is 0 Å². The summed E-state index contributed by atoms with van der Waals surface area (Å²) >= 11 is 0. The number of piperazine rings is 1. The maximum atomic E-state index is 12.9. The van der Waals surface area contributed by atoms with Crippen LogP contribution in [0.2, 0.25) is 0 Å². The lowest BCUT2D eigenvalue weighted by Gasteiger charge is -2.34. The van der Waals surface area contributed by atoms with Crippen LogP contribution in [0.15, 0.2) is 54.6 Å². The van der Waals surface area contributed by atoms with Gasteiger partial charge >= 0.3 is 0 Å². The Morgan fingerprint density at radius 1 is 0.875 bits per heavy atom.